The third-order valence-electron chi connectivity index (χ3n) is 9.04. The number of carbonyl (C=O) groups is 1. The summed E-state index contributed by atoms with van der Waals surface area (Å²) in [6.45, 7) is 3.15. The molecule has 2 aromatic carbocycles. The molecule has 4 nitrogen and oxygen atoms in total. The van der Waals surface area contributed by atoms with Crippen molar-refractivity contribution in [2.75, 3.05) is 11.4 Å². The molecule has 0 spiro atoms. The number of anilines is 1. The number of carbonyl (C=O) groups excluding carboxylic acids is 1. The minimum absolute atomic E-state index is 0.0459. The van der Waals surface area contributed by atoms with E-state index in [-0.39, 0.29) is 24.2 Å². The molecular weight excluding hydrogens is 384 g/mol. The fourth-order valence-corrected chi connectivity index (χ4v) is 7.89. The van der Waals surface area contributed by atoms with Crippen LogP contribution in [-0.2, 0) is 9.53 Å². The van der Waals surface area contributed by atoms with Gasteiger partial charge in [-0.15, -0.1) is 0 Å². The van der Waals surface area contributed by atoms with Crippen LogP contribution in [0.25, 0.3) is 0 Å². The Labute approximate surface area is 184 Å². The zero-order chi connectivity index (χ0) is 20.7. The number of nitrogens with one attached hydrogen (secondary N) is 1. The number of nitrogens with zero attached hydrogens (tertiary/aromatic N) is 1. The van der Waals surface area contributed by atoms with Crippen molar-refractivity contribution in [3.63, 3.8) is 0 Å². The fraction of sp³-hybridized carbons (Fsp3) is 0.519. The Bertz CT molecular complexity index is 1050. The van der Waals surface area contributed by atoms with Crippen LogP contribution in [0.15, 0.2) is 48.5 Å². The van der Waals surface area contributed by atoms with Crippen LogP contribution in [0.2, 0.25) is 0 Å². The van der Waals surface area contributed by atoms with E-state index in [0.29, 0.717) is 29.7 Å². The second-order valence-electron chi connectivity index (χ2n) is 10.3. The Balaban J connectivity index is 1.45. The van der Waals surface area contributed by atoms with Crippen LogP contribution >= 0.6 is 0 Å². The highest BCUT2D eigenvalue weighted by Crippen LogP contribution is 2.57. The van der Waals surface area contributed by atoms with Crippen molar-refractivity contribution < 1.29 is 9.53 Å². The molecule has 0 saturated carbocycles. The molecule has 2 aromatic rings. The van der Waals surface area contributed by atoms with Gasteiger partial charge in [-0.3, -0.25) is 4.79 Å². The number of benzene rings is 2. The minimum Gasteiger partial charge on any atom is -0.356 e. The number of fused-ring (bicyclic) bond motifs is 17. The molecule has 6 bridgehead atoms. The number of hydrogen-bond acceptors (Lipinski definition) is 3. The number of amides is 1. The van der Waals surface area contributed by atoms with Gasteiger partial charge in [0.25, 0.3) is 0 Å². The maximum atomic E-state index is 13.3. The van der Waals surface area contributed by atoms with Crippen molar-refractivity contribution in [3.8, 4) is 0 Å². The molecule has 4 heterocycles. The zero-order valence-corrected chi connectivity index (χ0v) is 18.0. The Kier molecular flexibility index (Phi) is 3.88. The monoisotopic (exact) mass is 414 g/mol. The quantitative estimate of drug-likeness (QED) is 0.689. The molecule has 1 N–H and O–H groups in total. The number of rotatable bonds is 0. The van der Waals surface area contributed by atoms with Gasteiger partial charge in [-0.25, -0.2) is 0 Å². The highest BCUT2D eigenvalue weighted by molar-refractivity contribution is 5.83. The summed E-state index contributed by atoms with van der Waals surface area (Å²) in [6.07, 6.45) is 4.84. The molecule has 7 unspecified atom stereocenters. The van der Waals surface area contributed by atoms with Gasteiger partial charge >= 0.3 is 0 Å². The Morgan fingerprint density at radius 2 is 1.68 bits per heavy atom. The van der Waals surface area contributed by atoms with E-state index in [2.05, 4.69) is 65.7 Å². The van der Waals surface area contributed by atoms with Crippen molar-refractivity contribution in [1.82, 2.24) is 5.32 Å². The van der Waals surface area contributed by atoms with Gasteiger partial charge in [0, 0.05) is 36.0 Å². The smallest absolute Gasteiger partial charge is 0.224 e. The van der Waals surface area contributed by atoms with Gasteiger partial charge in [0.15, 0.2) is 0 Å². The lowest BCUT2D eigenvalue weighted by molar-refractivity contribution is -0.123. The van der Waals surface area contributed by atoms with E-state index in [1.54, 1.807) is 0 Å². The Morgan fingerprint density at radius 3 is 2.52 bits per heavy atom. The van der Waals surface area contributed by atoms with E-state index in [4.69, 9.17) is 4.74 Å². The van der Waals surface area contributed by atoms with Gasteiger partial charge in [0.05, 0.1) is 6.10 Å². The van der Waals surface area contributed by atoms with Crippen LogP contribution in [0.5, 0.6) is 0 Å². The lowest BCUT2D eigenvalue weighted by Crippen LogP contribution is -2.47. The van der Waals surface area contributed by atoms with Crippen molar-refractivity contribution in [2.24, 2.45) is 11.8 Å². The van der Waals surface area contributed by atoms with Gasteiger partial charge < -0.3 is 15.0 Å². The molecule has 8 atom stereocenters. The van der Waals surface area contributed by atoms with Gasteiger partial charge in [-0.2, -0.15) is 0 Å². The van der Waals surface area contributed by atoms with Crippen LogP contribution in [0.3, 0.4) is 0 Å². The minimum atomic E-state index is 0.0459. The normalized spacial score (nSPS) is 39.9. The van der Waals surface area contributed by atoms with Gasteiger partial charge in [-0.05, 0) is 67.2 Å². The van der Waals surface area contributed by atoms with Crippen LogP contribution in [0.1, 0.15) is 67.1 Å². The van der Waals surface area contributed by atoms with E-state index in [1.165, 1.54) is 28.8 Å². The zero-order valence-electron chi connectivity index (χ0n) is 18.0. The summed E-state index contributed by atoms with van der Waals surface area (Å²) in [5.74, 6) is 1.68. The average Bonchev–Trinajstić information content (AvgIpc) is 3.44. The summed E-state index contributed by atoms with van der Waals surface area (Å²) < 4.78 is 6.94. The largest absolute Gasteiger partial charge is 0.356 e. The first-order valence-electron chi connectivity index (χ1n) is 12.1. The third kappa shape index (κ3) is 2.43. The summed E-state index contributed by atoms with van der Waals surface area (Å²) in [5, 5.41) is 3.28. The SMILES string of the molecule is CC1C2c3ccccc3N1C1CCC[C@H](O1)C1CC(c3ccccc31)C1C(=O)NCC12. The van der Waals surface area contributed by atoms with Crippen LogP contribution in [0.4, 0.5) is 5.69 Å². The van der Waals surface area contributed by atoms with Crippen LogP contribution < -0.4 is 10.2 Å². The number of para-hydroxylation sites is 1. The first kappa shape index (κ1) is 18.3. The molecule has 4 heteroatoms. The van der Waals surface area contributed by atoms with E-state index in [0.717, 1.165) is 25.8 Å². The van der Waals surface area contributed by atoms with Crippen molar-refractivity contribution in [1.29, 1.82) is 0 Å². The molecular formula is C27H30N2O2. The van der Waals surface area contributed by atoms with E-state index < -0.39 is 0 Å². The third-order valence-corrected chi connectivity index (χ3v) is 9.04. The summed E-state index contributed by atoms with van der Waals surface area (Å²) in [6, 6.07) is 18.1. The molecule has 3 saturated heterocycles. The predicted molar refractivity (Wildman–Crippen MR) is 120 cm³/mol. The average molecular weight is 415 g/mol. The van der Waals surface area contributed by atoms with Gasteiger partial charge in [-0.1, -0.05) is 42.5 Å². The van der Waals surface area contributed by atoms with E-state index in [1.807, 2.05) is 0 Å². The summed E-state index contributed by atoms with van der Waals surface area (Å²) >= 11 is 0. The van der Waals surface area contributed by atoms with Gasteiger partial charge in [0.1, 0.15) is 6.23 Å². The molecule has 3 fully saturated rings. The molecule has 160 valence electrons. The van der Waals surface area contributed by atoms with Crippen LogP contribution in [0, 0.1) is 11.8 Å². The van der Waals surface area contributed by atoms with Crippen molar-refractivity contribution in [2.45, 2.75) is 68.7 Å². The summed E-state index contributed by atoms with van der Waals surface area (Å²) in [4.78, 5) is 15.9. The van der Waals surface area contributed by atoms with E-state index >= 15 is 0 Å². The predicted octanol–water partition coefficient (Wildman–Crippen LogP) is 4.52. The second kappa shape index (κ2) is 6.59. The Morgan fingerprint density at radius 1 is 0.935 bits per heavy atom. The summed E-state index contributed by atoms with van der Waals surface area (Å²) in [5.41, 5.74) is 5.58. The van der Waals surface area contributed by atoms with Gasteiger partial charge in [0.2, 0.25) is 5.91 Å². The molecule has 1 amide bonds. The molecule has 4 aliphatic heterocycles. The number of hydrogen-bond donors (Lipinski definition) is 1. The maximum Gasteiger partial charge on any atom is 0.224 e. The molecule has 0 radical (unpaired) electrons. The van der Waals surface area contributed by atoms with Crippen molar-refractivity contribution >= 4 is 11.6 Å². The fourth-order valence-electron chi connectivity index (χ4n) is 7.89. The Hall–Kier alpha value is -2.33. The topological polar surface area (TPSA) is 41.6 Å². The number of ether oxygens (including phenoxy) is 1. The first-order valence-corrected chi connectivity index (χ1v) is 12.1. The lowest BCUT2D eigenvalue weighted by Gasteiger charge is -2.42. The van der Waals surface area contributed by atoms with Crippen molar-refractivity contribution in [3.05, 3.63) is 65.2 Å². The highest BCUT2D eigenvalue weighted by atomic mass is 16.5. The van der Waals surface area contributed by atoms with E-state index in [9.17, 15) is 4.79 Å². The molecule has 31 heavy (non-hydrogen) atoms. The molecule has 1 aliphatic carbocycles. The molecule has 0 aromatic heterocycles. The molecule has 5 aliphatic rings. The first-order chi connectivity index (χ1) is 15.2. The van der Waals surface area contributed by atoms with Crippen LogP contribution in [-0.4, -0.2) is 30.8 Å². The summed E-state index contributed by atoms with van der Waals surface area (Å²) in [7, 11) is 0. The maximum absolute atomic E-state index is 13.3. The standard InChI is InChI=1S/C27H30N2O2/c1-15-25-18-9-4-5-10-22(18)29(15)24-12-6-11-23(31-24)19-13-20(17-8-3-2-7-16(17)19)26-21(25)14-28-27(26)30/h2-5,7-10,15,19-21,23-26H,6,11-14H2,1H3,(H,28,30)/t15?,19?,20?,21?,23-,24?,25?,26?/m0/s1. The second-order valence-corrected chi connectivity index (χ2v) is 10.3. The molecule has 7 rings (SSSR count). The lowest BCUT2D eigenvalue weighted by atomic mass is 9.71. The highest BCUT2D eigenvalue weighted by Gasteiger charge is 2.55.